The van der Waals surface area contributed by atoms with Crippen LogP contribution in [0.2, 0.25) is 0 Å². The molecule has 3 atom stereocenters. The van der Waals surface area contributed by atoms with Gasteiger partial charge in [-0.1, -0.05) is 57.2 Å². The summed E-state index contributed by atoms with van der Waals surface area (Å²) in [7, 11) is 0. The van der Waals surface area contributed by atoms with Gasteiger partial charge in [0, 0.05) is 13.1 Å². The maximum Gasteiger partial charge on any atom is 0.313 e. The third kappa shape index (κ3) is 4.47. The molecule has 1 heterocycles. The quantitative estimate of drug-likeness (QED) is 0.506. The molecule has 2 aliphatic carbocycles. The Morgan fingerprint density at radius 3 is 2.75 bits per heavy atom. The largest absolute Gasteiger partial charge is 0.452 e. The highest BCUT2D eigenvalue weighted by Crippen LogP contribution is 2.57. The van der Waals surface area contributed by atoms with Gasteiger partial charge in [0.2, 0.25) is 0 Å². The maximum absolute atomic E-state index is 13.3. The number of nitrogens with zero attached hydrogens (tertiary/aromatic N) is 1. The molecule has 0 spiro atoms. The summed E-state index contributed by atoms with van der Waals surface area (Å²) in [5.74, 6) is 7.02. The molecule has 0 unspecified atom stereocenters. The Morgan fingerprint density at radius 1 is 1.22 bits per heavy atom. The van der Waals surface area contributed by atoms with E-state index in [0.29, 0.717) is 18.4 Å². The molecular weight excluding hydrogens is 398 g/mol. The van der Waals surface area contributed by atoms with E-state index in [0.717, 1.165) is 58.4 Å². The Labute approximate surface area is 194 Å². The second-order valence-corrected chi connectivity index (χ2v) is 10.7. The molecule has 1 saturated carbocycles. The van der Waals surface area contributed by atoms with Crippen LogP contribution in [0, 0.1) is 23.2 Å². The van der Waals surface area contributed by atoms with Crippen molar-refractivity contribution in [1.29, 1.82) is 0 Å². The molecule has 174 valence electrons. The van der Waals surface area contributed by atoms with Crippen LogP contribution in [0.5, 0.6) is 0 Å². The lowest BCUT2D eigenvalue weighted by atomic mass is 9.49. The monoisotopic (exact) mass is 437 g/mol. The van der Waals surface area contributed by atoms with Gasteiger partial charge in [0.15, 0.2) is 6.61 Å². The molecule has 0 radical (unpaired) electrons. The minimum absolute atomic E-state index is 0.0388. The van der Waals surface area contributed by atoms with Crippen molar-refractivity contribution in [2.75, 3.05) is 39.5 Å². The van der Waals surface area contributed by atoms with Crippen LogP contribution in [-0.2, 0) is 26.1 Å². The maximum atomic E-state index is 13.3. The average molecular weight is 438 g/mol. The van der Waals surface area contributed by atoms with Crippen LogP contribution >= 0.6 is 0 Å². The molecule has 32 heavy (non-hydrogen) atoms. The van der Waals surface area contributed by atoms with E-state index < -0.39 is 5.41 Å². The van der Waals surface area contributed by atoms with E-state index >= 15 is 0 Å². The van der Waals surface area contributed by atoms with E-state index in [1.165, 1.54) is 16.7 Å². The number of morpholine rings is 1. The van der Waals surface area contributed by atoms with Gasteiger partial charge in [-0.25, -0.2) is 0 Å². The van der Waals surface area contributed by atoms with Gasteiger partial charge in [0.05, 0.1) is 25.2 Å². The van der Waals surface area contributed by atoms with Gasteiger partial charge in [-0.15, -0.1) is 0 Å². The highest BCUT2D eigenvalue weighted by molar-refractivity contribution is 5.77. The Morgan fingerprint density at radius 2 is 2.00 bits per heavy atom. The molecule has 4 rings (SSSR count). The van der Waals surface area contributed by atoms with Crippen molar-refractivity contribution in [3.05, 3.63) is 34.9 Å². The molecular formula is C28H39NO3. The Bertz CT molecular complexity index is 892. The molecule has 4 heteroatoms. The molecule has 0 N–H and O–H groups in total. The van der Waals surface area contributed by atoms with Crippen LogP contribution < -0.4 is 0 Å². The van der Waals surface area contributed by atoms with Gasteiger partial charge in [0.25, 0.3) is 0 Å². The van der Waals surface area contributed by atoms with Crippen LogP contribution in [0.1, 0.15) is 76.0 Å². The fourth-order valence-electron chi connectivity index (χ4n) is 6.36. The van der Waals surface area contributed by atoms with E-state index in [1.807, 2.05) is 0 Å². The van der Waals surface area contributed by atoms with E-state index in [4.69, 9.17) is 9.47 Å². The van der Waals surface area contributed by atoms with E-state index in [2.05, 4.69) is 62.6 Å². The minimum Gasteiger partial charge on any atom is -0.452 e. The topological polar surface area (TPSA) is 38.8 Å². The number of carbonyl (C=O) groups is 1. The zero-order chi connectivity index (χ0) is 22.8. The summed E-state index contributed by atoms with van der Waals surface area (Å²) in [5.41, 5.74) is 3.97. The molecule has 2 fully saturated rings. The van der Waals surface area contributed by atoms with Crippen LogP contribution in [0.25, 0.3) is 0 Å². The zero-order valence-corrected chi connectivity index (χ0v) is 20.3. The lowest BCUT2D eigenvalue weighted by Gasteiger charge is -2.54. The SMILES string of the molecule is CC(C)c1ccc2c(c1)CC[C@H]1[C@](C)(C(=O)OCC#CCN3CCOCC3)CCC[C@]21C. The minimum atomic E-state index is -0.437. The molecule has 0 bridgehead atoms. The van der Waals surface area contributed by atoms with Gasteiger partial charge in [-0.2, -0.15) is 0 Å². The van der Waals surface area contributed by atoms with E-state index in [1.54, 1.807) is 0 Å². The normalized spacial score (nSPS) is 30.1. The first-order valence-corrected chi connectivity index (χ1v) is 12.4. The highest BCUT2D eigenvalue weighted by Gasteiger charge is 2.55. The number of fused-ring (bicyclic) bond motifs is 3. The van der Waals surface area contributed by atoms with E-state index in [9.17, 15) is 4.79 Å². The van der Waals surface area contributed by atoms with Crippen molar-refractivity contribution in [3.63, 3.8) is 0 Å². The molecule has 3 aliphatic rings. The van der Waals surface area contributed by atoms with Gasteiger partial charge < -0.3 is 9.47 Å². The molecule has 1 aromatic carbocycles. The van der Waals surface area contributed by atoms with Crippen LogP contribution in [0.15, 0.2) is 18.2 Å². The smallest absolute Gasteiger partial charge is 0.313 e. The number of esters is 1. The zero-order valence-electron chi connectivity index (χ0n) is 20.3. The summed E-state index contributed by atoms with van der Waals surface area (Å²) in [5, 5.41) is 0. The number of rotatable bonds is 4. The molecule has 1 saturated heterocycles. The number of hydrogen-bond donors (Lipinski definition) is 0. The van der Waals surface area contributed by atoms with Gasteiger partial charge in [-0.3, -0.25) is 9.69 Å². The summed E-state index contributed by atoms with van der Waals surface area (Å²) in [6.07, 6.45) is 5.23. The molecule has 4 nitrogen and oxygen atoms in total. The summed E-state index contributed by atoms with van der Waals surface area (Å²) < 4.78 is 11.1. The number of hydrogen-bond acceptors (Lipinski definition) is 4. The summed E-state index contributed by atoms with van der Waals surface area (Å²) in [6.45, 7) is 13.3. The van der Waals surface area contributed by atoms with Crippen LogP contribution in [0.3, 0.4) is 0 Å². The summed E-state index contributed by atoms with van der Waals surface area (Å²) in [6, 6.07) is 7.06. The molecule has 1 aromatic rings. The number of ether oxygens (including phenoxy) is 2. The lowest BCUT2D eigenvalue weighted by Crippen LogP contribution is -2.52. The summed E-state index contributed by atoms with van der Waals surface area (Å²) >= 11 is 0. The summed E-state index contributed by atoms with van der Waals surface area (Å²) in [4.78, 5) is 15.6. The predicted molar refractivity (Wildman–Crippen MR) is 128 cm³/mol. The van der Waals surface area contributed by atoms with Crippen molar-refractivity contribution in [3.8, 4) is 11.8 Å². The second-order valence-electron chi connectivity index (χ2n) is 10.7. The molecule has 0 aromatic heterocycles. The van der Waals surface area contributed by atoms with Gasteiger partial charge >= 0.3 is 5.97 Å². The van der Waals surface area contributed by atoms with E-state index in [-0.39, 0.29) is 18.0 Å². The van der Waals surface area contributed by atoms with Crippen molar-refractivity contribution in [1.82, 2.24) is 4.90 Å². The van der Waals surface area contributed by atoms with Crippen LogP contribution in [0.4, 0.5) is 0 Å². The van der Waals surface area contributed by atoms with Crippen molar-refractivity contribution in [2.24, 2.45) is 11.3 Å². The third-order valence-corrected chi connectivity index (χ3v) is 8.32. The van der Waals surface area contributed by atoms with Crippen molar-refractivity contribution >= 4 is 5.97 Å². The van der Waals surface area contributed by atoms with Crippen LogP contribution in [-0.4, -0.2) is 50.3 Å². The first-order chi connectivity index (χ1) is 15.3. The predicted octanol–water partition coefficient (Wildman–Crippen LogP) is 4.70. The Kier molecular flexibility index (Phi) is 6.98. The highest BCUT2D eigenvalue weighted by atomic mass is 16.5. The first-order valence-electron chi connectivity index (χ1n) is 12.4. The van der Waals surface area contributed by atoms with Gasteiger partial charge in [-0.05, 0) is 66.5 Å². The van der Waals surface area contributed by atoms with Crippen molar-refractivity contribution < 1.29 is 14.3 Å². The Balaban J connectivity index is 1.44. The number of carbonyl (C=O) groups excluding carboxylic acids is 1. The number of aryl methyl sites for hydroxylation is 1. The van der Waals surface area contributed by atoms with Gasteiger partial charge in [0.1, 0.15) is 0 Å². The fourth-order valence-corrected chi connectivity index (χ4v) is 6.36. The Hall–Kier alpha value is -1.83. The lowest BCUT2D eigenvalue weighted by molar-refractivity contribution is -0.163. The second kappa shape index (κ2) is 9.57. The third-order valence-electron chi connectivity index (χ3n) is 8.32. The first kappa shape index (κ1) is 23.3. The van der Waals surface area contributed by atoms with Crippen molar-refractivity contribution in [2.45, 2.75) is 71.1 Å². The fraction of sp³-hybridized carbons (Fsp3) is 0.679. The standard InChI is InChI=1S/C28H39NO3/c1-21(2)22-8-10-24-23(20-22)9-11-25-27(24,3)12-7-13-28(25,4)26(30)32-17-6-5-14-29-15-18-31-19-16-29/h8,10,20-21,25H,7,9,11-19H2,1-4H3/t25-,27-,28-/m1/s1. The molecule has 0 amide bonds. The molecule has 1 aliphatic heterocycles. The average Bonchev–Trinajstić information content (AvgIpc) is 2.79. The number of benzene rings is 1.